The SMILES string of the molecule is Cn1ncnc1CC(N[S@](=O)C(C)(C)C)(c1cccc(OC(F)(F)F)c1)c1cccc(OC(F)(F)F)c1. The first-order chi connectivity index (χ1) is 17.0. The number of rotatable bonds is 8. The molecular weight excluding hydrogens is 526 g/mol. The second-order valence-electron chi connectivity index (χ2n) is 9.02. The van der Waals surface area contributed by atoms with E-state index in [1.165, 1.54) is 35.3 Å². The molecule has 0 aliphatic carbocycles. The smallest absolute Gasteiger partial charge is 0.406 e. The van der Waals surface area contributed by atoms with E-state index >= 15 is 0 Å². The highest BCUT2D eigenvalue weighted by Crippen LogP contribution is 2.39. The molecule has 37 heavy (non-hydrogen) atoms. The van der Waals surface area contributed by atoms with Crippen molar-refractivity contribution in [2.24, 2.45) is 7.05 Å². The number of benzene rings is 2. The summed E-state index contributed by atoms with van der Waals surface area (Å²) in [5.41, 5.74) is -1.41. The Kier molecular flexibility index (Phi) is 7.94. The van der Waals surface area contributed by atoms with Crippen LogP contribution in [-0.4, -0.2) is 36.4 Å². The number of aryl methyl sites for hydroxylation is 1. The molecule has 0 saturated heterocycles. The van der Waals surface area contributed by atoms with Crippen LogP contribution in [0.25, 0.3) is 0 Å². The normalized spacial score (nSPS) is 13.9. The van der Waals surface area contributed by atoms with Gasteiger partial charge in [-0.3, -0.25) is 4.68 Å². The van der Waals surface area contributed by atoms with Gasteiger partial charge in [0, 0.05) is 13.5 Å². The predicted octanol–water partition coefficient (Wildman–Crippen LogP) is 5.15. The minimum Gasteiger partial charge on any atom is -0.406 e. The van der Waals surface area contributed by atoms with E-state index in [1.54, 1.807) is 27.8 Å². The summed E-state index contributed by atoms with van der Waals surface area (Å²) in [7, 11) is -0.291. The fourth-order valence-electron chi connectivity index (χ4n) is 3.47. The van der Waals surface area contributed by atoms with Crippen LogP contribution in [0.1, 0.15) is 37.7 Å². The molecule has 14 heteroatoms. The van der Waals surface area contributed by atoms with Gasteiger partial charge in [0.25, 0.3) is 0 Å². The topological polar surface area (TPSA) is 78.3 Å². The van der Waals surface area contributed by atoms with Gasteiger partial charge >= 0.3 is 12.7 Å². The second-order valence-corrected chi connectivity index (χ2v) is 11.0. The molecule has 202 valence electrons. The van der Waals surface area contributed by atoms with Gasteiger partial charge in [-0.05, 0) is 56.2 Å². The Bertz CT molecular complexity index is 1190. The zero-order chi connectivity index (χ0) is 27.6. The molecule has 0 amide bonds. The van der Waals surface area contributed by atoms with Gasteiger partial charge in [0.15, 0.2) is 0 Å². The molecule has 1 atom stereocenters. The fraction of sp³-hybridized carbons (Fsp3) is 0.391. The highest BCUT2D eigenvalue weighted by atomic mass is 32.2. The Hall–Kier alpha value is -3.13. The number of nitrogens with one attached hydrogen (secondary N) is 1. The minimum atomic E-state index is -4.99. The Labute approximate surface area is 211 Å². The van der Waals surface area contributed by atoms with Gasteiger partial charge in [0.1, 0.15) is 23.7 Å². The second kappa shape index (κ2) is 10.3. The molecule has 0 radical (unpaired) electrons. The number of hydrogen-bond donors (Lipinski definition) is 1. The molecule has 0 bridgehead atoms. The maximum Gasteiger partial charge on any atom is 0.573 e. The highest BCUT2D eigenvalue weighted by molar-refractivity contribution is 7.84. The van der Waals surface area contributed by atoms with Gasteiger partial charge in [-0.2, -0.15) is 5.10 Å². The molecule has 7 nitrogen and oxygen atoms in total. The molecule has 0 spiro atoms. The van der Waals surface area contributed by atoms with Gasteiger partial charge in [-0.15, -0.1) is 26.3 Å². The summed E-state index contributed by atoms with van der Waals surface area (Å²) in [5, 5.41) is 4.00. The van der Waals surface area contributed by atoms with Crippen molar-refractivity contribution in [1.29, 1.82) is 0 Å². The average molecular weight is 551 g/mol. The standard InChI is InChI=1S/C23H24F6N4O3S/c1-20(2,3)37(34)32-21(13-19-30-14-31-33(19)4,15-7-5-9-17(11-15)35-22(24,25)26)16-8-6-10-18(12-16)36-23(27,28)29/h5-12,14,32H,13H2,1-4H3/t37-/m1/s1. The predicted molar refractivity (Wildman–Crippen MR) is 123 cm³/mol. The highest BCUT2D eigenvalue weighted by Gasteiger charge is 2.41. The van der Waals surface area contributed by atoms with Crippen molar-refractivity contribution in [3.63, 3.8) is 0 Å². The fourth-order valence-corrected chi connectivity index (χ4v) is 4.40. The van der Waals surface area contributed by atoms with E-state index in [0.717, 1.165) is 24.3 Å². The first kappa shape index (κ1) is 28.4. The minimum absolute atomic E-state index is 0.124. The lowest BCUT2D eigenvalue weighted by atomic mass is 9.80. The number of hydrogen-bond acceptors (Lipinski definition) is 5. The summed E-state index contributed by atoms with van der Waals surface area (Å²) in [6, 6.07) is 9.79. The molecule has 0 aliphatic rings. The molecule has 0 aliphatic heterocycles. The molecule has 0 unspecified atom stereocenters. The summed E-state index contributed by atoms with van der Waals surface area (Å²) >= 11 is 0. The van der Waals surface area contributed by atoms with Crippen molar-refractivity contribution in [2.75, 3.05) is 0 Å². The van der Waals surface area contributed by atoms with Crippen molar-refractivity contribution in [2.45, 2.75) is 50.2 Å². The average Bonchev–Trinajstić information content (AvgIpc) is 3.14. The van der Waals surface area contributed by atoms with Crippen LogP contribution >= 0.6 is 0 Å². The van der Waals surface area contributed by atoms with Crippen LogP contribution in [0.4, 0.5) is 26.3 Å². The molecule has 3 rings (SSSR count). The van der Waals surface area contributed by atoms with Crippen molar-refractivity contribution in [3.8, 4) is 11.5 Å². The van der Waals surface area contributed by atoms with E-state index in [4.69, 9.17) is 0 Å². The third kappa shape index (κ3) is 7.44. The summed E-state index contributed by atoms with van der Waals surface area (Å²) in [6.45, 7) is 4.99. The van der Waals surface area contributed by atoms with Gasteiger partial charge < -0.3 is 9.47 Å². The lowest BCUT2D eigenvalue weighted by Gasteiger charge is -2.38. The van der Waals surface area contributed by atoms with Crippen molar-refractivity contribution in [3.05, 3.63) is 71.8 Å². The molecule has 1 heterocycles. The lowest BCUT2D eigenvalue weighted by Crippen LogP contribution is -2.50. The number of halogens is 6. The van der Waals surface area contributed by atoms with E-state index in [0.29, 0.717) is 5.82 Å². The van der Waals surface area contributed by atoms with Gasteiger partial charge in [0.05, 0.1) is 21.3 Å². The molecule has 1 N–H and O–H groups in total. The quantitative estimate of drug-likeness (QED) is 0.393. The number of aromatic nitrogens is 3. The van der Waals surface area contributed by atoms with Crippen molar-refractivity contribution < 1.29 is 40.0 Å². The Morgan fingerprint density at radius 2 is 1.38 bits per heavy atom. The lowest BCUT2D eigenvalue weighted by molar-refractivity contribution is -0.275. The molecule has 0 fully saturated rings. The monoisotopic (exact) mass is 550 g/mol. The summed E-state index contributed by atoms with van der Waals surface area (Å²) in [6.07, 6.45) is -8.90. The number of ether oxygens (including phenoxy) is 2. The van der Waals surface area contributed by atoms with Crippen LogP contribution < -0.4 is 14.2 Å². The van der Waals surface area contributed by atoms with Crippen LogP contribution in [0, 0.1) is 0 Å². The molecule has 0 saturated carbocycles. The summed E-state index contributed by atoms with van der Waals surface area (Å²) in [4.78, 5) is 4.18. The van der Waals surface area contributed by atoms with Gasteiger partial charge in [-0.25, -0.2) is 13.9 Å². The molecule has 3 aromatic rings. The van der Waals surface area contributed by atoms with Crippen LogP contribution in [0.5, 0.6) is 11.5 Å². The maximum atomic E-state index is 13.4. The van der Waals surface area contributed by atoms with E-state index in [-0.39, 0.29) is 17.5 Å². The summed E-state index contributed by atoms with van der Waals surface area (Å²) < 4.78 is 103. The first-order valence-corrected chi connectivity index (χ1v) is 11.9. The van der Waals surface area contributed by atoms with Crippen LogP contribution in [0.2, 0.25) is 0 Å². The van der Waals surface area contributed by atoms with Crippen molar-refractivity contribution >= 4 is 11.0 Å². The van der Waals surface area contributed by atoms with Gasteiger partial charge in [-0.1, -0.05) is 24.3 Å². The first-order valence-electron chi connectivity index (χ1n) is 10.7. The molecule has 2 aromatic carbocycles. The molecular formula is C23H24F6N4O3S. The zero-order valence-electron chi connectivity index (χ0n) is 20.1. The zero-order valence-corrected chi connectivity index (χ0v) is 21.0. The Morgan fingerprint density at radius 1 is 0.892 bits per heavy atom. The Morgan fingerprint density at radius 3 is 1.76 bits per heavy atom. The maximum absolute atomic E-state index is 13.4. The molecule has 1 aromatic heterocycles. The third-order valence-corrected chi connectivity index (χ3v) is 6.82. The van der Waals surface area contributed by atoms with Crippen LogP contribution in [0.15, 0.2) is 54.9 Å². The van der Waals surface area contributed by atoms with Crippen molar-refractivity contribution in [1.82, 2.24) is 19.5 Å². The van der Waals surface area contributed by atoms with E-state index in [1.807, 2.05) is 0 Å². The number of nitrogens with zero attached hydrogens (tertiary/aromatic N) is 3. The van der Waals surface area contributed by atoms with E-state index < -0.39 is 45.5 Å². The van der Waals surface area contributed by atoms with Crippen LogP contribution in [-0.2, 0) is 30.0 Å². The largest absolute Gasteiger partial charge is 0.573 e. The van der Waals surface area contributed by atoms with E-state index in [9.17, 15) is 30.6 Å². The van der Waals surface area contributed by atoms with Gasteiger partial charge in [0.2, 0.25) is 0 Å². The third-order valence-electron chi connectivity index (χ3n) is 5.17. The van der Waals surface area contributed by atoms with Crippen LogP contribution in [0.3, 0.4) is 0 Å². The van der Waals surface area contributed by atoms with E-state index in [2.05, 4.69) is 24.3 Å². The Balaban J connectivity index is 2.30. The summed E-state index contributed by atoms with van der Waals surface area (Å²) in [5.74, 6) is -0.834. The number of alkyl halides is 6.